The molecule has 0 N–H and O–H groups in total. The summed E-state index contributed by atoms with van der Waals surface area (Å²) in [6.45, 7) is 6.85. The van der Waals surface area contributed by atoms with Crippen LogP contribution >= 0.6 is 0 Å². The Morgan fingerprint density at radius 2 is 1.63 bits per heavy atom. The van der Waals surface area contributed by atoms with Crippen molar-refractivity contribution in [1.82, 2.24) is 0 Å². The Balaban J connectivity index is 1.48. The quantitative estimate of drug-likeness (QED) is 0.251. The second-order valence-corrected chi connectivity index (χ2v) is 7.28. The molecule has 0 amide bonds. The van der Waals surface area contributed by atoms with Crippen LogP contribution in [0.3, 0.4) is 0 Å². The monoisotopic (exact) mass is 408 g/mol. The number of fused-ring (bicyclic) bond motifs is 3. The molecule has 0 fully saturated rings. The summed E-state index contributed by atoms with van der Waals surface area (Å²) >= 11 is 0. The summed E-state index contributed by atoms with van der Waals surface area (Å²) in [5.74, 6) is 0.172. The summed E-state index contributed by atoms with van der Waals surface area (Å²) in [5, 5.41) is 0. The van der Waals surface area contributed by atoms with Gasteiger partial charge in [0.2, 0.25) is 0 Å². The van der Waals surface area contributed by atoms with Crippen molar-refractivity contribution in [3.63, 3.8) is 0 Å². The maximum Gasteiger partial charge on any atom is 0.338 e. The molecule has 1 aliphatic rings. The van der Waals surface area contributed by atoms with Crippen molar-refractivity contribution < 1.29 is 23.8 Å². The molecule has 1 aliphatic carbocycles. The van der Waals surface area contributed by atoms with Crippen LogP contribution in [0.25, 0.3) is 11.1 Å². The number of rotatable bonds is 11. The molecule has 0 aromatic heterocycles. The average molecular weight is 408 g/mol. The second-order valence-electron chi connectivity index (χ2n) is 7.28. The highest BCUT2D eigenvalue weighted by atomic mass is 16.5. The molecule has 0 aliphatic heterocycles. The number of hydrogen-bond donors (Lipinski definition) is 0. The lowest BCUT2D eigenvalue weighted by atomic mass is 10.0. The molecular weight excluding hydrogens is 380 g/mol. The highest BCUT2D eigenvalue weighted by Gasteiger charge is 2.21. The fraction of sp³-hybridized carbons (Fsp3) is 0.360. The lowest BCUT2D eigenvalue weighted by Crippen LogP contribution is -2.07. The minimum atomic E-state index is -0.412. The number of hydrogen-bond acceptors (Lipinski definition) is 5. The molecule has 0 bridgehead atoms. The molecule has 0 heterocycles. The van der Waals surface area contributed by atoms with Crippen molar-refractivity contribution >= 4 is 11.9 Å². The lowest BCUT2D eigenvalue weighted by molar-refractivity contribution is -0.137. The molecule has 0 radical (unpaired) electrons. The van der Waals surface area contributed by atoms with E-state index in [0.29, 0.717) is 25.4 Å². The molecule has 0 unspecified atom stereocenters. The standard InChI is InChI=1S/C25H28O5/c1-3-12-28-21-9-11-23-20(17-21)16-19-15-18(8-10-22(19)23)25(27)30-14-7-5-6-13-29-24(26)4-2/h4,8-11,15,17H,2-3,5-7,12-14,16H2,1H3. The minimum absolute atomic E-state index is 0.307. The molecule has 158 valence electrons. The van der Waals surface area contributed by atoms with Crippen LogP contribution in [0, 0.1) is 0 Å². The average Bonchev–Trinajstić information content (AvgIpc) is 3.13. The number of carbonyl (C=O) groups is 2. The minimum Gasteiger partial charge on any atom is -0.494 e. The van der Waals surface area contributed by atoms with Gasteiger partial charge >= 0.3 is 11.9 Å². The van der Waals surface area contributed by atoms with Gasteiger partial charge < -0.3 is 14.2 Å². The van der Waals surface area contributed by atoms with Crippen molar-refractivity contribution in [2.24, 2.45) is 0 Å². The first-order chi connectivity index (χ1) is 14.6. The molecule has 0 spiro atoms. The van der Waals surface area contributed by atoms with E-state index >= 15 is 0 Å². The van der Waals surface area contributed by atoms with Crippen molar-refractivity contribution in [1.29, 1.82) is 0 Å². The van der Waals surface area contributed by atoms with Crippen LogP contribution in [-0.2, 0) is 20.7 Å². The van der Waals surface area contributed by atoms with Crippen LogP contribution in [0.15, 0.2) is 49.1 Å². The van der Waals surface area contributed by atoms with Gasteiger partial charge in [-0.05, 0) is 78.6 Å². The van der Waals surface area contributed by atoms with Crippen LogP contribution < -0.4 is 4.74 Å². The van der Waals surface area contributed by atoms with E-state index in [-0.39, 0.29) is 5.97 Å². The number of carbonyl (C=O) groups excluding carboxylic acids is 2. The predicted molar refractivity (Wildman–Crippen MR) is 116 cm³/mol. The summed E-state index contributed by atoms with van der Waals surface area (Å²) in [4.78, 5) is 23.3. The fourth-order valence-electron chi connectivity index (χ4n) is 3.48. The van der Waals surface area contributed by atoms with Gasteiger partial charge in [0.25, 0.3) is 0 Å². The van der Waals surface area contributed by atoms with Crippen LogP contribution in [0.4, 0.5) is 0 Å². The molecule has 0 atom stereocenters. The van der Waals surface area contributed by atoms with Gasteiger partial charge in [-0.3, -0.25) is 0 Å². The van der Waals surface area contributed by atoms with Gasteiger partial charge in [0.15, 0.2) is 0 Å². The van der Waals surface area contributed by atoms with E-state index in [1.807, 2.05) is 24.3 Å². The number of benzene rings is 2. The molecule has 30 heavy (non-hydrogen) atoms. The first-order valence-corrected chi connectivity index (χ1v) is 10.5. The highest BCUT2D eigenvalue weighted by Crippen LogP contribution is 2.38. The first kappa shape index (κ1) is 21.6. The molecular formula is C25H28O5. The topological polar surface area (TPSA) is 61.8 Å². The SMILES string of the molecule is C=CC(=O)OCCCCCOC(=O)c1ccc2c(c1)Cc1cc(OCCC)ccc1-2. The first-order valence-electron chi connectivity index (χ1n) is 10.5. The van der Waals surface area contributed by atoms with E-state index in [1.165, 1.54) is 11.1 Å². The summed E-state index contributed by atoms with van der Waals surface area (Å²) in [6.07, 6.45) is 5.20. The molecule has 5 nitrogen and oxygen atoms in total. The zero-order chi connectivity index (χ0) is 21.3. The van der Waals surface area contributed by atoms with E-state index in [9.17, 15) is 9.59 Å². The second kappa shape index (κ2) is 10.6. The summed E-state index contributed by atoms with van der Waals surface area (Å²) in [6, 6.07) is 11.9. The van der Waals surface area contributed by atoms with Gasteiger partial charge in [-0.25, -0.2) is 9.59 Å². The van der Waals surface area contributed by atoms with Crippen molar-refractivity contribution in [2.45, 2.75) is 39.0 Å². The number of ether oxygens (including phenoxy) is 3. The van der Waals surface area contributed by atoms with E-state index in [0.717, 1.165) is 55.1 Å². The van der Waals surface area contributed by atoms with E-state index in [2.05, 4.69) is 25.6 Å². The Bertz CT molecular complexity index is 916. The zero-order valence-corrected chi connectivity index (χ0v) is 17.4. The third-order valence-electron chi connectivity index (χ3n) is 4.99. The van der Waals surface area contributed by atoms with Crippen LogP contribution in [-0.4, -0.2) is 31.8 Å². The Kier molecular flexibility index (Phi) is 7.66. The van der Waals surface area contributed by atoms with Gasteiger partial charge in [0, 0.05) is 6.08 Å². The van der Waals surface area contributed by atoms with Gasteiger partial charge in [0.1, 0.15) is 5.75 Å². The molecule has 0 saturated heterocycles. The third kappa shape index (κ3) is 5.50. The van der Waals surface area contributed by atoms with Crippen LogP contribution in [0.2, 0.25) is 0 Å². The van der Waals surface area contributed by atoms with E-state index in [4.69, 9.17) is 14.2 Å². The maximum atomic E-state index is 12.4. The molecule has 3 rings (SSSR count). The summed E-state index contributed by atoms with van der Waals surface area (Å²) in [7, 11) is 0. The van der Waals surface area contributed by atoms with Gasteiger partial charge in [-0.15, -0.1) is 0 Å². The Morgan fingerprint density at radius 1 is 0.933 bits per heavy atom. The number of esters is 2. The van der Waals surface area contributed by atoms with Crippen molar-refractivity contribution in [3.8, 4) is 16.9 Å². The molecule has 5 heteroatoms. The molecule has 2 aromatic rings. The fourth-order valence-corrected chi connectivity index (χ4v) is 3.48. The van der Waals surface area contributed by atoms with Gasteiger partial charge in [-0.1, -0.05) is 25.6 Å². The van der Waals surface area contributed by atoms with E-state index < -0.39 is 5.97 Å². The van der Waals surface area contributed by atoms with Crippen molar-refractivity contribution in [3.05, 3.63) is 65.7 Å². The maximum absolute atomic E-state index is 12.4. The van der Waals surface area contributed by atoms with Crippen molar-refractivity contribution in [2.75, 3.05) is 19.8 Å². The third-order valence-corrected chi connectivity index (χ3v) is 4.99. The van der Waals surface area contributed by atoms with Crippen LogP contribution in [0.1, 0.15) is 54.1 Å². The zero-order valence-electron chi connectivity index (χ0n) is 17.4. The Hall–Kier alpha value is -3.08. The summed E-state index contributed by atoms with van der Waals surface area (Å²) in [5.41, 5.74) is 5.30. The van der Waals surface area contributed by atoms with Gasteiger partial charge in [0.05, 0.1) is 25.4 Å². The molecule has 2 aromatic carbocycles. The number of unbranched alkanes of at least 4 members (excludes halogenated alkanes) is 2. The summed E-state index contributed by atoms with van der Waals surface area (Å²) < 4.78 is 16.0. The Labute approximate surface area is 177 Å². The molecule has 0 saturated carbocycles. The predicted octanol–water partition coefficient (Wildman–Crippen LogP) is 5.10. The van der Waals surface area contributed by atoms with Crippen LogP contribution in [0.5, 0.6) is 5.75 Å². The lowest BCUT2D eigenvalue weighted by Gasteiger charge is -2.08. The van der Waals surface area contributed by atoms with E-state index in [1.54, 1.807) is 0 Å². The van der Waals surface area contributed by atoms with Gasteiger partial charge in [-0.2, -0.15) is 0 Å². The normalized spacial score (nSPS) is 11.4. The highest BCUT2D eigenvalue weighted by molar-refractivity contribution is 5.91. The smallest absolute Gasteiger partial charge is 0.338 e. The Morgan fingerprint density at radius 3 is 2.37 bits per heavy atom. The largest absolute Gasteiger partial charge is 0.494 e.